The number of carbonyl (C=O) groups excluding carboxylic acids is 2. The van der Waals surface area contributed by atoms with Gasteiger partial charge in [0, 0.05) is 6.42 Å². The van der Waals surface area contributed by atoms with Crippen molar-refractivity contribution in [2.24, 2.45) is 0 Å². The second-order valence-corrected chi connectivity index (χ2v) is 5.24. The summed E-state index contributed by atoms with van der Waals surface area (Å²) in [6.07, 6.45) is -0.365. The highest BCUT2D eigenvalue weighted by molar-refractivity contribution is 5.81. The largest absolute Gasteiger partial charge is 0.481 e. The van der Waals surface area contributed by atoms with Crippen molar-refractivity contribution in [2.45, 2.75) is 58.6 Å². The molecule has 0 radical (unpaired) electrons. The van der Waals surface area contributed by atoms with E-state index in [1.165, 1.54) is 0 Å². The molecule has 1 amide bonds. The molecule has 0 aromatic carbocycles. The molecule has 0 fully saturated rings. The van der Waals surface area contributed by atoms with E-state index in [1.54, 1.807) is 27.7 Å². The second kappa shape index (κ2) is 8.39. The average molecular weight is 289 g/mol. The molecule has 7 nitrogen and oxygen atoms in total. The Labute approximate surface area is 118 Å². The predicted molar refractivity (Wildman–Crippen MR) is 71.3 cm³/mol. The Bertz CT molecular complexity index is 347. The fourth-order valence-electron chi connectivity index (χ4n) is 1.40. The lowest BCUT2D eigenvalue weighted by molar-refractivity contribution is -0.146. The Kier molecular flexibility index (Phi) is 7.64. The summed E-state index contributed by atoms with van der Waals surface area (Å²) >= 11 is 0. The average Bonchev–Trinajstić information content (AvgIpc) is 2.24. The molecule has 0 aliphatic carbocycles. The van der Waals surface area contributed by atoms with Gasteiger partial charge in [-0.25, -0.2) is 9.59 Å². The standard InChI is InChI=1S/C13H23NO6/c1-5-19-11(17)9(7-6-8-10(15)16)14-12(18)20-13(2,3)4/h9H,5-8H2,1-4H3,(H,14,18)(H,15,16)/t9-/m0/s1. The fourth-order valence-corrected chi connectivity index (χ4v) is 1.40. The van der Waals surface area contributed by atoms with E-state index in [2.05, 4.69) is 5.32 Å². The van der Waals surface area contributed by atoms with E-state index < -0.39 is 29.7 Å². The van der Waals surface area contributed by atoms with Gasteiger partial charge in [0.1, 0.15) is 11.6 Å². The first-order chi connectivity index (χ1) is 9.15. The van der Waals surface area contributed by atoms with E-state index in [4.69, 9.17) is 14.6 Å². The minimum Gasteiger partial charge on any atom is -0.481 e. The number of alkyl carbamates (subject to hydrolysis) is 1. The van der Waals surface area contributed by atoms with E-state index in [0.29, 0.717) is 0 Å². The summed E-state index contributed by atoms with van der Waals surface area (Å²) in [5.41, 5.74) is -0.676. The number of hydrogen-bond acceptors (Lipinski definition) is 5. The van der Waals surface area contributed by atoms with E-state index in [0.717, 1.165) is 0 Å². The third-order valence-corrected chi connectivity index (χ3v) is 2.15. The van der Waals surface area contributed by atoms with Gasteiger partial charge < -0.3 is 19.9 Å². The van der Waals surface area contributed by atoms with Gasteiger partial charge in [-0.05, 0) is 40.5 Å². The van der Waals surface area contributed by atoms with Crippen molar-refractivity contribution in [3.8, 4) is 0 Å². The second-order valence-electron chi connectivity index (χ2n) is 5.24. The zero-order valence-electron chi connectivity index (χ0n) is 12.4. The van der Waals surface area contributed by atoms with Gasteiger partial charge in [-0.1, -0.05) is 0 Å². The molecular weight excluding hydrogens is 266 g/mol. The van der Waals surface area contributed by atoms with Crippen LogP contribution in [0.2, 0.25) is 0 Å². The number of nitrogens with one attached hydrogen (secondary N) is 1. The summed E-state index contributed by atoms with van der Waals surface area (Å²) in [7, 11) is 0. The molecule has 0 aliphatic rings. The molecule has 0 spiro atoms. The summed E-state index contributed by atoms with van der Waals surface area (Å²) in [5, 5.41) is 11.0. The van der Waals surface area contributed by atoms with Crippen LogP contribution in [0, 0.1) is 0 Å². The first-order valence-corrected chi connectivity index (χ1v) is 6.53. The van der Waals surface area contributed by atoms with Gasteiger partial charge in [0.15, 0.2) is 0 Å². The van der Waals surface area contributed by atoms with Crippen LogP contribution >= 0.6 is 0 Å². The van der Waals surface area contributed by atoms with E-state index >= 15 is 0 Å². The molecule has 116 valence electrons. The van der Waals surface area contributed by atoms with Gasteiger partial charge >= 0.3 is 18.0 Å². The highest BCUT2D eigenvalue weighted by atomic mass is 16.6. The number of ether oxygens (including phenoxy) is 2. The summed E-state index contributed by atoms with van der Waals surface area (Å²) in [4.78, 5) is 33.8. The van der Waals surface area contributed by atoms with Crippen LogP contribution in [0.25, 0.3) is 0 Å². The molecule has 2 N–H and O–H groups in total. The number of carboxylic acids is 1. The highest BCUT2D eigenvalue weighted by Gasteiger charge is 2.25. The fraction of sp³-hybridized carbons (Fsp3) is 0.769. The Morgan fingerprint density at radius 1 is 1.25 bits per heavy atom. The molecule has 0 saturated carbocycles. The smallest absolute Gasteiger partial charge is 0.408 e. The third-order valence-electron chi connectivity index (χ3n) is 2.15. The van der Waals surface area contributed by atoms with Gasteiger partial charge in [-0.3, -0.25) is 4.79 Å². The number of rotatable bonds is 7. The van der Waals surface area contributed by atoms with E-state index in [1.807, 2.05) is 0 Å². The molecule has 0 bridgehead atoms. The summed E-state index contributed by atoms with van der Waals surface area (Å²) in [5.74, 6) is -1.55. The van der Waals surface area contributed by atoms with Crippen LogP contribution in [0.1, 0.15) is 47.0 Å². The lowest BCUT2D eigenvalue weighted by atomic mass is 10.1. The number of carboxylic acid groups (broad SMARTS) is 1. The Hall–Kier alpha value is -1.79. The minimum atomic E-state index is -0.954. The number of amides is 1. The maximum atomic E-state index is 11.7. The van der Waals surface area contributed by atoms with Crippen LogP contribution in [0.15, 0.2) is 0 Å². The number of carbonyl (C=O) groups is 3. The molecule has 7 heteroatoms. The van der Waals surface area contributed by atoms with Crippen LogP contribution < -0.4 is 5.32 Å². The van der Waals surface area contributed by atoms with Crippen molar-refractivity contribution in [1.82, 2.24) is 5.32 Å². The van der Waals surface area contributed by atoms with Crippen LogP contribution in [0.3, 0.4) is 0 Å². The lowest BCUT2D eigenvalue weighted by Crippen LogP contribution is -2.44. The van der Waals surface area contributed by atoms with E-state index in [-0.39, 0.29) is 25.9 Å². The molecule has 0 heterocycles. The number of esters is 1. The van der Waals surface area contributed by atoms with Crippen LogP contribution in [0.5, 0.6) is 0 Å². The molecule has 0 aromatic heterocycles. The summed E-state index contributed by atoms with van der Waals surface area (Å²) in [6, 6.07) is -0.899. The predicted octanol–water partition coefficient (Wildman–Crippen LogP) is 1.70. The summed E-state index contributed by atoms with van der Waals surface area (Å²) in [6.45, 7) is 6.95. The van der Waals surface area contributed by atoms with Crippen molar-refractivity contribution in [3.05, 3.63) is 0 Å². The lowest BCUT2D eigenvalue weighted by Gasteiger charge is -2.22. The molecule has 0 saturated heterocycles. The number of hydrogen-bond donors (Lipinski definition) is 2. The maximum absolute atomic E-state index is 11.7. The van der Waals surface area contributed by atoms with Gasteiger partial charge in [0.2, 0.25) is 0 Å². The monoisotopic (exact) mass is 289 g/mol. The van der Waals surface area contributed by atoms with Gasteiger partial charge in [-0.15, -0.1) is 0 Å². The van der Waals surface area contributed by atoms with Crippen LogP contribution in [-0.4, -0.2) is 41.4 Å². The van der Waals surface area contributed by atoms with Gasteiger partial charge in [0.05, 0.1) is 6.61 Å². The molecule has 0 rings (SSSR count). The normalized spacial score (nSPS) is 12.4. The van der Waals surface area contributed by atoms with Crippen molar-refractivity contribution in [3.63, 3.8) is 0 Å². The van der Waals surface area contributed by atoms with Crippen LogP contribution in [-0.2, 0) is 19.1 Å². The van der Waals surface area contributed by atoms with Crippen molar-refractivity contribution >= 4 is 18.0 Å². The minimum absolute atomic E-state index is 0.0775. The molecule has 1 atom stereocenters. The number of aliphatic carboxylic acids is 1. The Balaban J connectivity index is 4.48. The van der Waals surface area contributed by atoms with Gasteiger partial charge in [-0.2, -0.15) is 0 Å². The van der Waals surface area contributed by atoms with Gasteiger partial charge in [0.25, 0.3) is 0 Å². The molecule has 0 unspecified atom stereocenters. The molecule has 0 aromatic rings. The topological polar surface area (TPSA) is 102 Å². The molecule has 0 aliphatic heterocycles. The Morgan fingerprint density at radius 2 is 1.85 bits per heavy atom. The third kappa shape index (κ3) is 9.18. The first kappa shape index (κ1) is 18.2. The zero-order chi connectivity index (χ0) is 15.8. The van der Waals surface area contributed by atoms with Crippen LogP contribution in [0.4, 0.5) is 4.79 Å². The SMILES string of the molecule is CCOC(=O)[C@H](CCCC(=O)O)NC(=O)OC(C)(C)C. The van der Waals surface area contributed by atoms with E-state index in [9.17, 15) is 14.4 Å². The van der Waals surface area contributed by atoms with Crippen molar-refractivity contribution < 1.29 is 29.0 Å². The molecular formula is C13H23NO6. The first-order valence-electron chi connectivity index (χ1n) is 6.53. The zero-order valence-corrected chi connectivity index (χ0v) is 12.4. The quantitative estimate of drug-likeness (QED) is 0.692. The Morgan fingerprint density at radius 3 is 2.30 bits per heavy atom. The molecule has 20 heavy (non-hydrogen) atoms. The summed E-state index contributed by atoms with van der Waals surface area (Å²) < 4.78 is 9.89. The van der Waals surface area contributed by atoms with Crippen molar-refractivity contribution in [1.29, 1.82) is 0 Å². The highest BCUT2D eigenvalue weighted by Crippen LogP contribution is 2.09. The maximum Gasteiger partial charge on any atom is 0.408 e. The van der Waals surface area contributed by atoms with Crippen molar-refractivity contribution in [2.75, 3.05) is 6.61 Å².